The average Bonchev–Trinajstić information content (AvgIpc) is 2.01. The van der Waals surface area contributed by atoms with Gasteiger partial charge < -0.3 is 5.73 Å². The van der Waals surface area contributed by atoms with Gasteiger partial charge in [-0.25, -0.2) is 8.42 Å². The molecular weight excluding hydrogens is 204 g/mol. The third kappa shape index (κ3) is 3.26. The Morgan fingerprint density at radius 2 is 1.93 bits per heavy atom. The molecule has 1 aliphatic carbocycles. The molecule has 0 aromatic carbocycles. The predicted octanol–water partition coefficient (Wildman–Crippen LogP) is -0.420. The van der Waals surface area contributed by atoms with Crippen LogP contribution in [0.2, 0.25) is 0 Å². The molecule has 1 rings (SSSR count). The Morgan fingerprint density at radius 1 is 1.36 bits per heavy atom. The first-order valence-electron chi connectivity index (χ1n) is 4.67. The highest BCUT2D eigenvalue weighted by atomic mass is 32.2. The second-order valence-electron chi connectivity index (χ2n) is 3.79. The number of nitrogens with two attached hydrogens (primary N) is 1. The molecular formula is C8H16N2O3S. The molecule has 0 saturated heterocycles. The third-order valence-corrected chi connectivity index (χ3v) is 3.01. The highest BCUT2D eigenvalue weighted by Gasteiger charge is 2.29. The number of rotatable bonds is 2. The van der Waals surface area contributed by atoms with E-state index in [1.54, 1.807) is 0 Å². The fourth-order valence-electron chi connectivity index (χ4n) is 1.74. The SMILES string of the molecule is CS(=O)(=O)NC(=O)C1CCCCC1N. The van der Waals surface area contributed by atoms with Gasteiger partial charge in [-0.15, -0.1) is 0 Å². The lowest BCUT2D eigenvalue weighted by molar-refractivity contribution is -0.124. The van der Waals surface area contributed by atoms with Gasteiger partial charge in [0, 0.05) is 6.04 Å². The van der Waals surface area contributed by atoms with E-state index in [1.165, 1.54) is 0 Å². The van der Waals surface area contributed by atoms with E-state index < -0.39 is 15.9 Å². The second-order valence-corrected chi connectivity index (χ2v) is 5.54. The molecule has 0 bridgehead atoms. The Kier molecular flexibility index (Phi) is 3.49. The first-order valence-corrected chi connectivity index (χ1v) is 6.56. The fraction of sp³-hybridized carbons (Fsp3) is 0.875. The summed E-state index contributed by atoms with van der Waals surface area (Å²) in [5.74, 6) is -0.807. The van der Waals surface area contributed by atoms with Crippen LogP contribution in [0.1, 0.15) is 25.7 Å². The zero-order valence-electron chi connectivity index (χ0n) is 8.19. The van der Waals surface area contributed by atoms with Crippen molar-refractivity contribution in [2.24, 2.45) is 11.7 Å². The van der Waals surface area contributed by atoms with E-state index in [0.717, 1.165) is 25.5 Å². The largest absolute Gasteiger partial charge is 0.327 e. The van der Waals surface area contributed by atoms with Gasteiger partial charge in [0.1, 0.15) is 0 Å². The standard InChI is InChI=1S/C8H16N2O3S/c1-14(12,13)10-8(11)6-4-2-3-5-7(6)9/h6-7H,2-5,9H2,1H3,(H,10,11). The van der Waals surface area contributed by atoms with Crippen LogP contribution in [0.5, 0.6) is 0 Å². The maximum atomic E-state index is 11.5. The van der Waals surface area contributed by atoms with Crippen LogP contribution >= 0.6 is 0 Å². The van der Waals surface area contributed by atoms with Crippen molar-refractivity contribution in [3.8, 4) is 0 Å². The average molecular weight is 220 g/mol. The van der Waals surface area contributed by atoms with Gasteiger partial charge in [-0.2, -0.15) is 0 Å². The lowest BCUT2D eigenvalue weighted by Crippen LogP contribution is -2.45. The van der Waals surface area contributed by atoms with Crippen LogP contribution < -0.4 is 10.5 Å². The summed E-state index contributed by atoms with van der Waals surface area (Å²) in [5, 5.41) is 0. The number of hydrogen-bond acceptors (Lipinski definition) is 4. The Hall–Kier alpha value is -0.620. The molecule has 3 N–H and O–H groups in total. The molecule has 1 amide bonds. The molecule has 0 radical (unpaired) electrons. The Morgan fingerprint density at radius 3 is 2.43 bits per heavy atom. The van der Waals surface area contributed by atoms with Crippen LogP contribution in [0.3, 0.4) is 0 Å². The van der Waals surface area contributed by atoms with Crippen molar-refractivity contribution < 1.29 is 13.2 Å². The molecule has 14 heavy (non-hydrogen) atoms. The minimum absolute atomic E-state index is 0.203. The van der Waals surface area contributed by atoms with E-state index >= 15 is 0 Å². The molecule has 1 saturated carbocycles. The molecule has 0 aliphatic heterocycles. The van der Waals surface area contributed by atoms with Gasteiger partial charge in [-0.05, 0) is 12.8 Å². The van der Waals surface area contributed by atoms with Crippen LogP contribution in [0.25, 0.3) is 0 Å². The van der Waals surface area contributed by atoms with Crippen molar-refractivity contribution in [2.75, 3.05) is 6.26 Å². The highest BCUT2D eigenvalue weighted by molar-refractivity contribution is 7.89. The highest BCUT2D eigenvalue weighted by Crippen LogP contribution is 2.22. The molecule has 0 aromatic rings. The Bertz CT molecular complexity index is 313. The summed E-state index contributed by atoms with van der Waals surface area (Å²) in [5.41, 5.74) is 5.74. The van der Waals surface area contributed by atoms with E-state index in [-0.39, 0.29) is 12.0 Å². The summed E-state index contributed by atoms with van der Waals surface area (Å²) in [6, 6.07) is -0.203. The maximum absolute atomic E-state index is 11.5. The normalized spacial score (nSPS) is 28.4. The molecule has 0 heterocycles. The number of hydrogen-bond donors (Lipinski definition) is 2. The third-order valence-electron chi connectivity index (χ3n) is 2.44. The van der Waals surface area contributed by atoms with E-state index in [2.05, 4.69) is 0 Å². The summed E-state index contributed by atoms with van der Waals surface area (Å²) in [7, 11) is -3.45. The minimum atomic E-state index is -3.45. The first-order chi connectivity index (χ1) is 6.40. The molecule has 0 spiro atoms. The molecule has 5 nitrogen and oxygen atoms in total. The zero-order valence-corrected chi connectivity index (χ0v) is 9.01. The molecule has 1 fully saturated rings. The minimum Gasteiger partial charge on any atom is -0.327 e. The molecule has 2 atom stereocenters. The first kappa shape index (κ1) is 11.5. The summed E-state index contributed by atoms with van der Waals surface area (Å²) in [6.07, 6.45) is 4.41. The summed E-state index contributed by atoms with van der Waals surface area (Å²) in [6.45, 7) is 0. The topological polar surface area (TPSA) is 89.3 Å². The van der Waals surface area contributed by atoms with E-state index in [9.17, 15) is 13.2 Å². The summed E-state index contributed by atoms with van der Waals surface area (Å²) in [4.78, 5) is 11.5. The van der Waals surface area contributed by atoms with Crippen molar-refractivity contribution in [2.45, 2.75) is 31.7 Å². The van der Waals surface area contributed by atoms with E-state index in [0.29, 0.717) is 6.42 Å². The van der Waals surface area contributed by atoms with E-state index in [1.807, 2.05) is 4.72 Å². The van der Waals surface area contributed by atoms with Crippen LogP contribution in [-0.2, 0) is 14.8 Å². The van der Waals surface area contributed by atoms with Crippen molar-refractivity contribution >= 4 is 15.9 Å². The monoisotopic (exact) mass is 220 g/mol. The number of sulfonamides is 1. The maximum Gasteiger partial charge on any atom is 0.238 e. The van der Waals surface area contributed by atoms with Gasteiger partial charge in [-0.1, -0.05) is 12.8 Å². The van der Waals surface area contributed by atoms with Gasteiger partial charge in [0.25, 0.3) is 0 Å². The molecule has 1 aliphatic rings. The number of carbonyl (C=O) groups is 1. The predicted molar refractivity (Wildman–Crippen MR) is 52.9 cm³/mol. The molecule has 2 unspecified atom stereocenters. The number of nitrogens with one attached hydrogen (secondary N) is 1. The number of amides is 1. The Balaban J connectivity index is 2.59. The van der Waals surface area contributed by atoms with Gasteiger partial charge in [0.2, 0.25) is 15.9 Å². The van der Waals surface area contributed by atoms with Crippen LogP contribution in [0.4, 0.5) is 0 Å². The summed E-state index contributed by atoms with van der Waals surface area (Å²) >= 11 is 0. The van der Waals surface area contributed by atoms with Crippen LogP contribution in [0, 0.1) is 5.92 Å². The van der Waals surface area contributed by atoms with Crippen molar-refractivity contribution in [1.29, 1.82) is 0 Å². The van der Waals surface area contributed by atoms with Gasteiger partial charge in [-0.3, -0.25) is 9.52 Å². The molecule has 6 heteroatoms. The number of carbonyl (C=O) groups excluding carboxylic acids is 1. The van der Waals surface area contributed by atoms with Crippen LogP contribution in [-0.4, -0.2) is 26.6 Å². The zero-order chi connectivity index (χ0) is 10.8. The van der Waals surface area contributed by atoms with Crippen LogP contribution in [0.15, 0.2) is 0 Å². The molecule has 0 aromatic heterocycles. The van der Waals surface area contributed by atoms with Gasteiger partial charge in [0.15, 0.2) is 0 Å². The lowest BCUT2D eigenvalue weighted by atomic mass is 9.85. The van der Waals surface area contributed by atoms with Gasteiger partial charge >= 0.3 is 0 Å². The quantitative estimate of drug-likeness (QED) is 0.661. The van der Waals surface area contributed by atoms with Crippen molar-refractivity contribution in [3.05, 3.63) is 0 Å². The second kappa shape index (κ2) is 4.27. The van der Waals surface area contributed by atoms with Crippen molar-refractivity contribution in [3.63, 3.8) is 0 Å². The smallest absolute Gasteiger partial charge is 0.238 e. The summed E-state index contributed by atoms with van der Waals surface area (Å²) < 4.78 is 23.6. The lowest BCUT2D eigenvalue weighted by Gasteiger charge is -2.26. The van der Waals surface area contributed by atoms with Crippen molar-refractivity contribution in [1.82, 2.24) is 4.72 Å². The van der Waals surface area contributed by atoms with E-state index in [4.69, 9.17) is 5.73 Å². The fourth-order valence-corrected chi connectivity index (χ4v) is 2.26. The molecule has 82 valence electrons. The Labute approximate surface area is 84.1 Å². The van der Waals surface area contributed by atoms with Gasteiger partial charge in [0.05, 0.1) is 12.2 Å².